The van der Waals surface area contributed by atoms with Crippen LogP contribution in [-0.4, -0.2) is 15.7 Å². The number of benzene rings is 1. The number of halogens is 1. The quantitative estimate of drug-likeness (QED) is 0.914. The number of carbonyl (C=O) groups excluding carboxylic acids is 1. The summed E-state index contributed by atoms with van der Waals surface area (Å²) in [7, 11) is 0. The Hall–Kier alpha value is -1.82. The molecule has 0 saturated heterocycles. The molecular formula is C13H13BrN4O. The number of nitrogens with zero attached hydrogens (tertiary/aromatic N) is 2. The van der Waals surface area contributed by atoms with Crippen LogP contribution >= 0.6 is 15.9 Å². The molecule has 98 valence electrons. The van der Waals surface area contributed by atoms with E-state index in [2.05, 4.69) is 31.7 Å². The smallest absolute Gasteiger partial charge is 0.251 e. The first-order chi connectivity index (χ1) is 9.19. The molecule has 0 saturated carbocycles. The van der Waals surface area contributed by atoms with E-state index in [4.69, 9.17) is 0 Å². The van der Waals surface area contributed by atoms with Crippen LogP contribution in [0.4, 0.5) is 11.4 Å². The third-order valence-corrected chi connectivity index (χ3v) is 3.82. The highest BCUT2D eigenvalue weighted by Gasteiger charge is 2.32. The minimum Gasteiger partial charge on any atom is -0.367 e. The molecule has 2 N–H and O–H groups in total. The standard InChI is InChI=1S/C13H13BrN4O/c1-2-18-7-8(6-15-18)16-12-11-9(14)4-3-5-10(11)17-13(12)19/h3-7,12,16H,2H2,1H3,(H,17,19). The van der Waals surface area contributed by atoms with E-state index in [0.29, 0.717) is 0 Å². The normalized spacial score (nSPS) is 17.2. The lowest BCUT2D eigenvalue weighted by molar-refractivity contribution is -0.116. The minimum absolute atomic E-state index is 0.0499. The van der Waals surface area contributed by atoms with E-state index in [1.165, 1.54) is 0 Å². The van der Waals surface area contributed by atoms with Crippen molar-refractivity contribution in [3.63, 3.8) is 0 Å². The highest BCUT2D eigenvalue weighted by Crippen LogP contribution is 2.38. The lowest BCUT2D eigenvalue weighted by Crippen LogP contribution is -2.19. The summed E-state index contributed by atoms with van der Waals surface area (Å²) in [5.41, 5.74) is 2.63. The first-order valence-corrected chi connectivity index (χ1v) is 6.86. The van der Waals surface area contributed by atoms with Gasteiger partial charge in [-0.3, -0.25) is 9.48 Å². The number of anilines is 2. The molecule has 1 aliphatic heterocycles. The Morgan fingerprint density at radius 1 is 1.53 bits per heavy atom. The van der Waals surface area contributed by atoms with Crippen LogP contribution in [-0.2, 0) is 11.3 Å². The molecule has 0 fully saturated rings. The van der Waals surface area contributed by atoms with E-state index in [9.17, 15) is 4.79 Å². The predicted molar refractivity (Wildman–Crippen MR) is 77.0 cm³/mol. The molecule has 2 heterocycles. The summed E-state index contributed by atoms with van der Waals surface area (Å²) in [6, 6.07) is 5.35. The molecular weight excluding hydrogens is 308 g/mol. The fourth-order valence-corrected chi connectivity index (χ4v) is 2.79. The van der Waals surface area contributed by atoms with Gasteiger partial charge < -0.3 is 10.6 Å². The third-order valence-electron chi connectivity index (χ3n) is 3.13. The summed E-state index contributed by atoms with van der Waals surface area (Å²) in [6.45, 7) is 2.82. The Labute approximate surface area is 119 Å². The Balaban J connectivity index is 1.92. The van der Waals surface area contributed by atoms with Gasteiger partial charge in [0, 0.05) is 28.5 Å². The van der Waals surface area contributed by atoms with E-state index in [1.54, 1.807) is 6.20 Å². The Morgan fingerprint density at radius 3 is 3.11 bits per heavy atom. The van der Waals surface area contributed by atoms with Crippen LogP contribution in [0.25, 0.3) is 0 Å². The van der Waals surface area contributed by atoms with Gasteiger partial charge >= 0.3 is 0 Å². The number of nitrogens with one attached hydrogen (secondary N) is 2. The fourth-order valence-electron chi connectivity index (χ4n) is 2.19. The van der Waals surface area contributed by atoms with Crippen LogP contribution in [0, 0.1) is 0 Å². The second-order valence-corrected chi connectivity index (χ2v) is 5.21. The topological polar surface area (TPSA) is 59.0 Å². The van der Waals surface area contributed by atoms with Crippen LogP contribution in [0.1, 0.15) is 18.5 Å². The lowest BCUT2D eigenvalue weighted by atomic mass is 10.1. The number of hydrogen-bond donors (Lipinski definition) is 2. The molecule has 1 amide bonds. The molecule has 6 heteroatoms. The van der Waals surface area contributed by atoms with Crippen LogP contribution in [0.2, 0.25) is 0 Å². The zero-order valence-corrected chi connectivity index (χ0v) is 11.9. The van der Waals surface area contributed by atoms with E-state index >= 15 is 0 Å². The van der Waals surface area contributed by atoms with Gasteiger partial charge in [0.05, 0.1) is 11.9 Å². The van der Waals surface area contributed by atoms with Gasteiger partial charge in [-0.1, -0.05) is 22.0 Å². The molecule has 1 unspecified atom stereocenters. The predicted octanol–water partition coefficient (Wildman–Crippen LogP) is 2.77. The second kappa shape index (κ2) is 4.70. The third kappa shape index (κ3) is 2.12. The Morgan fingerprint density at radius 2 is 2.37 bits per heavy atom. The lowest BCUT2D eigenvalue weighted by Gasteiger charge is -2.12. The first-order valence-electron chi connectivity index (χ1n) is 6.07. The van der Waals surface area contributed by atoms with Crippen molar-refractivity contribution in [2.24, 2.45) is 0 Å². The van der Waals surface area contributed by atoms with Crippen LogP contribution < -0.4 is 10.6 Å². The largest absolute Gasteiger partial charge is 0.367 e. The molecule has 2 aromatic rings. The number of fused-ring (bicyclic) bond motifs is 1. The van der Waals surface area contributed by atoms with Crippen LogP contribution in [0.5, 0.6) is 0 Å². The average Bonchev–Trinajstić information content (AvgIpc) is 2.96. The van der Waals surface area contributed by atoms with Crippen LogP contribution in [0.3, 0.4) is 0 Å². The summed E-state index contributed by atoms with van der Waals surface area (Å²) in [5, 5.41) is 10.3. The van der Waals surface area contributed by atoms with E-state index < -0.39 is 0 Å². The Kier molecular flexibility index (Phi) is 3.02. The maximum Gasteiger partial charge on any atom is 0.251 e. The van der Waals surface area contributed by atoms with Crippen molar-refractivity contribution >= 4 is 33.2 Å². The van der Waals surface area contributed by atoms with Crippen LogP contribution in [0.15, 0.2) is 35.1 Å². The maximum atomic E-state index is 12.0. The maximum absolute atomic E-state index is 12.0. The van der Waals surface area contributed by atoms with Crippen molar-refractivity contribution in [1.82, 2.24) is 9.78 Å². The summed E-state index contributed by atoms with van der Waals surface area (Å²) in [6.07, 6.45) is 3.62. The number of rotatable bonds is 3. The molecule has 0 radical (unpaired) electrons. The van der Waals surface area contributed by atoms with Gasteiger partial charge in [-0.15, -0.1) is 0 Å². The van der Waals surface area contributed by atoms with Crippen molar-refractivity contribution in [1.29, 1.82) is 0 Å². The molecule has 1 aromatic heterocycles. The number of hydrogen-bond acceptors (Lipinski definition) is 3. The number of aryl methyl sites for hydroxylation is 1. The highest BCUT2D eigenvalue weighted by molar-refractivity contribution is 9.10. The zero-order valence-electron chi connectivity index (χ0n) is 10.4. The number of carbonyl (C=O) groups is 1. The number of amides is 1. The monoisotopic (exact) mass is 320 g/mol. The van der Waals surface area contributed by atoms with Crippen molar-refractivity contribution < 1.29 is 4.79 Å². The van der Waals surface area contributed by atoms with E-state index in [1.807, 2.05) is 36.0 Å². The molecule has 0 bridgehead atoms. The van der Waals surface area contributed by atoms with Gasteiger partial charge in [0.1, 0.15) is 6.04 Å². The second-order valence-electron chi connectivity index (χ2n) is 4.35. The van der Waals surface area contributed by atoms with Crippen molar-refractivity contribution in [2.75, 3.05) is 10.6 Å². The molecule has 1 aliphatic rings. The van der Waals surface area contributed by atoms with E-state index in [0.717, 1.165) is 28.0 Å². The highest BCUT2D eigenvalue weighted by atomic mass is 79.9. The molecule has 5 nitrogen and oxygen atoms in total. The summed E-state index contributed by atoms with van der Waals surface area (Å²) in [4.78, 5) is 12.0. The van der Waals surface area contributed by atoms with Gasteiger partial charge in [-0.05, 0) is 19.1 Å². The van der Waals surface area contributed by atoms with Gasteiger partial charge in [-0.2, -0.15) is 5.10 Å². The molecule has 1 aromatic carbocycles. The Bertz CT molecular complexity index is 637. The molecule has 1 atom stereocenters. The van der Waals surface area contributed by atoms with Crippen molar-refractivity contribution in [2.45, 2.75) is 19.5 Å². The summed E-state index contributed by atoms with van der Waals surface area (Å²) < 4.78 is 2.74. The number of aromatic nitrogens is 2. The fraction of sp³-hybridized carbons (Fsp3) is 0.231. The minimum atomic E-state index is -0.389. The summed E-state index contributed by atoms with van der Waals surface area (Å²) >= 11 is 3.49. The summed E-state index contributed by atoms with van der Waals surface area (Å²) in [5.74, 6) is -0.0499. The SMILES string of the molecule is CCn1cc(NC2C(=O)Nc3cccc(Br)c32)cn1. The van der Waals surface area contributed by atoms with Crippen molar-refractivity contribution in [3.8, 4) is 0 Å². The van der Waals surface area contributed by atoms with Gasteiger partial charge in [0.15, 0.2) is 0 Å². The zero-order chi connectivity index (χ0) is 13.4. The van der Waals surface area contributed by atoms with Gasteiger partial charge in [0.2, 0.25) is 0 Å². The average molecular weight is 321 g/mol. The van der Waals surface area contributed by atoms with Crippen molar-refractivity contribution in [3.05, 3.63) is 40.6 Å². The van der Waals surface area contributed by atoms with Gasteiger partial charge in [-0.25, -0.2) is 0 Å². The molecule has 19 heavy (non-hydrogen) atoms. The van der Waals surface area contributed by atoms with Gasteiger partial charge in [0.25, 0.3) is 5.91 Å². The molecule has 0 spiro atoms. The van der Waals surface area contributed by atoms with E-state index in [-0.39, 0.29) is 11.9 Å². The first kappa shape index (κ1) is 12.2. The molecule has 3 rings (SSSR count). The molecule has 0 aliphatic carbocycles.